The minimum absolute atomic E-state index is 0.672. The fraction of sp³-hybridized carbons (Fsp3) is 0.778. The Bertz CT molecular complexity index is 728. The van der Waals surface area contributed by atoms with Gasteiger partial charge in [-0.1, -0.05) is 152 Å². The number of carbonyl (C=O) groups is 1. The number of aldehydes is 1. The van der Waals surface area contributed by atoms with E-state index in [1.165, 1.54) is 173 Å². The minimum atomic E-state index is 0.672. The fourth-order valence-electron chi connectivity index (χ4n) is 5.93. The zero-order valence-electron chi connectivity index (χ0n) is 32.4. The molecule has 48 heavy (non-hydrogen) atoms. The molecule has 0 aliphatic heterocycles. The van der Waals surface area contributed by atoms with Gasteiger partial charge in [0.15, 0.2) is 0 Å². The van der Waals surface area contributed by atoms with Gasteiger partial charge in [-0.15, -0.1) is 0 Å². The lowest BCUT2D eigenvalue weighted by Crippen LogP contribution is -2.16. The third-order valence-electron chi connectivity index (χ3n) is 9.10. The first-order valence-corrected chi connectivity index (χ1v) is 21.1. The number of carbonyl (C=O) groups excluding carboxylic acids is 1. The number of hydrogen-bond acceptors (Lipinski definition) is 3. The van der Waals surface area contributed by atoms with Crippen molar-refractivity contribution in [1.29, 1.82) is 0 Å². The monoisotopic (exact) mass is 667 g/mol. The Morgan fingerprint density at radius 1 is 0.438 bits per heavy atom. The van der Waals surface area contributed by atoms with Gasteiger partial charge in [-0.05, 0) is 109 Å². The highest BCUT2D eigenvalue weighted by atomic mass is 16.1. The Kier molecular flexibility index (Phi) is 41.7. The maximum atomic E-state index is 10.5. The standard InChI is InChI=1S/C45H82N2O/c1-3-5-7-9-11-13-15-17-19-21-23-25-27-29-31-33-39-45(47-43-36-35-41-46-42-37-38-44-48)40-34-32-30-28-26-24-22-20-18-16-14-12-10-8-6-4-2/h9-12,15-18,44,46H,3-8,13-14,19-43H2,1-2H3/b11-9-,12-10-,17-15-,18-16-. The van der Waals surface area contributed by atoms with Crippen LogP contribution in [0.15, 0.2) is 53.6 Å². The van der Waals surface area contributed by atoms with Crippen LogP contribution in [0.5, 0.6) is 0 Å². The maximum absolute atomic E-state index is 10.5. The van der Waals surface area contributed by atoms with Crippen molar-refractivity contribution in [3.8, 4) is 0 Å². The Morgan fingerprint density at radius 3 is 1.31 bits per heavy atom. The van der Waals surface area contributed by atoms with Crippen molar-refractivity contribution in [2.45, 2.75) is 206 Å². The van der Waals surface area contributed by atoms with Crippen LogP contribution in [-0.2, 0) is 4.79 Å². The first kappa shape index (κ1) is 46.3. The van der Waals surface area contributed by atoms with Gasteiger partial charge >= 0.3 is 0 Å². The van der Waals surface area contributed by atoms with Crippen LogP contribution in [0.25, 0.3) is 0 Å². The van der Waals surface area contributed by atoms with Crippen LogP contribution in [0, 0.1) is 0 Å². The van der Waals surface area contributed by atoms with Crippen molar-refractivity contribution >= 4 is 12.0 Å². The molecule has 0 radical (unpaired) electrons. The summed E-state index contributed by atoms with van der Waals surface area (Å²) in [4.78, 5) is 15.6. The molecule has 3 heteroatoms. The van der Waals surface area contributed by atoms with Crippen LogP contribution < -0.4 is 5.32 Å². The summed E-state index contributed by atoms with van der Waals surface area (Å²) in [5, 5.41) is 3.46. The van der Waals surface area contributed by atoms with Crippen molar-refractivity contribution in [3.05, 3.63) is 48.6 Å². The quantitative estimate of drug-likeness (QED) is 0.0307. The van der Waals surface area contributed by atoms with Crippen LogP contribution in [0.1, 0.15) is 206 Å². The summed E-state index contributed by atoms with van der Waals surface area (Å²) in [6.45, 7) is 7.49. The second kappa shape index (κ2) is 43.3. The van der Waals surface area contributed by atoms with Gasteiger partial charge in [-0.2, -0.15) is 0 Å². The van der Waals surface area contributed by atoms with Gasteiger partial charge in [-0.3, -0.25) is 4.99 Å². The average Bonchev–Trinajstić information content (AvgIpc) is 3.10. The summed E-state index contributed by atoms with van der Waals surface area (Å²) in [6.07, 6.45) is 57.7. The molecule has 0 heterocycles. The van der Waals surface area contributed by atoms with E-state index in [0.717, 1.165) is 45.2 Å². The molecule has 0 bridgehead atoms. The number of allylic oxidation sites excluding steroid dienone is 8. The van der Waals surface area contributed by atoms with E-state index < -0.39 is 0 Å². The van der Waals surface area contributed by atoms with E-state index in [9.17, 15) is 4.79 Å². The molecule has 1 N–H and O–H groups in total. The van der Waals surface area contributed by atoms with E-state index in [-0.39, 0.29) is 0 Å². The molecule has 0 aliphatic carbocycles. The van der Waals surface area contributed by atoms with E-state index in [2.05, 4.69) is 67.8 Å². The Labute approximate surface area is 301 Å². The van der Waals surface area contributed by atoms with E-state index >= 15 is 0 Å². The average molecular weight is 667 g/mol. The maximum Gasteiger partial charge on any atom is 0.120 e. The number of unbranched alkanes of at least 4 members (excludes halogenated alkanes) is 20. The number of rotatable bonds is 39. The molecule has 0 amide bonds. The molecule has 0 saturated heterocycles. The highest BCUT2D eigenvalue weighted by molar-refractivity contribution is 5.84. The molecular weight excluding hydrogens is 585 g/mol. The molecule has 0 unspecified atom stereocenters. The molecule has 0 fully saturated rings. The third-order valence-corrected chi connectivity index (χ3v) is 9.10. The largest absolute Gasteiger partial charge is 0.317 e. The number of nitrogens with zero attached hydrogens (tertiary/aromatic N) is 1. The van der Waals surface area contributed by atoms with Gasteiger partial charge in [0, 0.05) is 18.7 Å². The zero-order valence-corrected chi connectivity index (χ0v) is 32.4. The molecule has 0 aromatic carbocycles. The SMILES string of the molecule is CCCC/C=C\C/C=C\CCCCCCCCCC(CCCCCCCCC/C=C\C/C=C\CCCC)=NCCCCNCCCC=O. The van der Waals surface area contributed by atoms with E-state index in [1.54, 1.807) is 0 Å². The molecular formula is C45H82N2O. The highest BCUT2D eigenvalue weighted by Gasteiger charge is 2.02. The summed E-state index contributed by atoms with van der Waals surface area (Å²) < 4.78 is 0. The van der Waals surface area contributed by atoms with Gasteiger partial charge in [0.1, 0.15) is 6.29 Å². The van der Waals surface area contributed by atoms with Gasteiger partial charge < -0.3 is 10.1 Å². The van der Waals surface area contributed by atoms with Crippen molar-refractivity contribution in [1.82, 2.24) is 5.32 Å². The summed E-state index contributed by atoms with van der Waals surface area (Å²) in [5.41, 5.74) is 1.49. The van der Waals surface area contributed by atoms with E-state index in [4.69, 9.17) is 4.99 Å². The van der Waals surface area contributed by atoms with E-state index in [1.807, 2.05) is 0 Å². The van der Waals surface area contributed by atoms with Crippen LogP contribution in [0.3, 0.4) is 0 Å². The topological polar surface area (TPSA) is 41.5 Å². The first-order valence-electron chi connectivity index (χ1n) is 21.1. The van der Waals surface area contributed by atoms with Crippen molar-refractivity contribution < 1.29 is 4.79 Å². The number of nitrogens with one attached hydrogen (secondary N) is 1. The lowest BCUT2D eigenvalue weighted by Gasteiger charge is -2.08. The molecule has 0 atom stereocenters. The van der Waals surface area contributed by atoms with Crippen LogP contribution >= 0.6 is 0 Å². The summed E-state index contributed by atoms with van der Waals surface area (Å²) in [6, 6.07) is 0. The van der Waals surface area contributed by atoms with Crippen molar-refractivity contribution in [2.75, 3.05) is 19.6 Å². The van der Waals surface area contributed by atoms with Crippen molar-refractivity contribution in [3.63, 3.8) is 0 Å². The minimum Gasteiger partial charge on any atom is -0.317 e. The predicted octanol–water partition coefficient (Wildman–Crippen LogP) is 14.2. The van der Waals surface area contributed by atoms with E-state index in [0.29, 0.717) is 6.42 Å². The van der Waals surface area contributed by atoms with Crippen LogP contribution in [0.2, 0.25) is 0 Å². The Balaban J connectivity index is 4.03. The number of aliphatic imine (C=N–C) groups is 1. The smallest absolute Gasteiger partial charge is 0.120 e. The normalized spacial score (nSPS) is 12.0. The third kappa shape index (κ3) is 40.4. The zero-order chi connectivity index (χ0) is 34.7. The van der Waals surface area contributed by atoms with Gasteiger partial charge in [0.25, 0.3) is 0 Å². The van der Waals surface area contributed by atoms with Crippen molar-refractivity contribution in [2.24, 2.45) is 4.99 Å². The first-order chi connectivity index (χ1) is 23.8. The molecule has 0 rings (SSSR count). The van der Waals surface area contributed by atoms with Gasteiger partial charge in [0.05, 0.1) is 0 Å². The van der Waals surface area contributed by atoms with Gasteiger partial charge in [-0.25, -0.2) is 0 Å². The van der Waals surface area contributed by atoms with Crippen LogP contribution in [0.4, 0.5) is 0 Å². The summed E-state index contributed by atoms with van der Waals surface area (Å²) in [5.74, 6) is 0. The lowest BCUT2D eigenvalue weighted by molar-refractivity contribution is -0.107. The second-order valence-electron chi connectivity index (χ2n) is 13.9. The second-order valence-corrected chi connectivity index (χ2v) is 13.9. The molecule has 0 aromatic heterocycles. The Hall–Kier alpha value is -1.74. The predicted molar refractivity (Wildman–Crippen MR) is 218 cm³/mol. The van der Waals surface area contributed by atoms with Crippen LogP contribution in [-0.4, -0.2) is 31.6 Å². The molecule has 0 aromatic rings. The Morgan fingerprint density at radius 2 is 0.854 bits per heavy atom. The molecule has 0 saturated carbocycles. The molecule has 0 aliphatic rings. The molecule has 278 valence electrons. The highest BCUT2D eigenvalue weighted by Crippen LogP contribution is 2.15. The summed E-state index contributed by atoms with van der Waals surface area (Å²) >= 11 is 0. The fourth-order valence-corrected chi connectivity index (χ4v) is 5.93. The molecule has 3 nitrogen and oxygen atoms in total. The summed E-state index contributed by atoms with van der Waals surface area (Å²) in [7, 11) is 0. The number of hydrogen-bond donors (Lipinski definition) is 1. The van der Waals surface area contributed by atoms with Gasteiger partial charge in [0.2, 0.25) is 0 Å². The lowest BCUT2D eigenvalue weighted by atomic mass is 10.0. The molecule has 0 spiro atoms.